The van der Waals surface area contributed by atoms with Gasteiger partial charge in [-0.1, -0.05) is 0 Å². The van der Waals surface area contributed by atoms with E-state index in [0.29, 0.717) is 13.2 Å². The molecule has 162 valence electrons. The summed E-state index contributed by atoms with van der Waals surface area (Å²) in [5, 5.41) is 16.0. The predicted octanol–water partition coefficient (Wildman–Crippen LogP) is 2.80. The number of rotatable bonds is 6. The second kappa shape index (κ2) is 10.7. The Kier molecular flexibility index (Phi) is 8.62. The Hall–Kier alpha value is -1.95. The fourth-order valence-corrected chi connectivity index (χ4v) is 3.79. The van der Waals surface area contributed by atoms with Crippen LogP contribution < -0.4 is 0 Å². The van der Waals surface area contributed by atoms with Crippen molar-refractivity contribution in [1.82, 2.24) is 14.5 Å². The zero-order valence-electron chi connectivity index (χ0n) is 16.0. The molecule has 0 aromatic carbocycles. The van der Waals surface area contributed by atoms with Crippen LogP contribution in [-0.4, -0.2) is 56.6 Å². The smallest absolute Gasteiger partial charge is 0.475 e. The average molecular weight is 435 g/mol. The first kappa shape index (κ1) is 23.3. The van der Waals surface area contributed by atoms with Crippen LogP contribution in [-0.2, 0) is 35.8 Å². The molecule has 2 aromatic heterocycles. The molecule has 0 spiro atoms. The van der Waals surface area contributed by atoms with E-state index in [4.69, 9.17) is 19.7 Å². The molecule has 0 bridgehead atoms. The van der Waals surface area contributed by atoms with Crippen LogP contribution in [0.2, 0.25) is 0 Å². The molecule has 0 fully saturated rings. The van der Waals surface area contributed by atoms with Crippen molar-refractivity contribution in [2.45, 2.75) is 45.8 Å². The number of alkyl halides is 3. The molecule has 0 aliphatic carbocycles. The maximum Gasteiger partial charge on any atom is 0.490 e. The SMILES string of the molecule is Cc1ccc(CN2CCCn3cnc(COCCO)c3C2)s1.O=C(O)C(F)(F)F. The van der Waals surface area contributed by atoms with Crippen molar-refractivity contribution in [3.05, 3.63) is 39.6 Å². The van der Waals surface area contributed by atoms with Gasteiger partial charge in [-0.05, 0) is 25.5 Å². The van der Waals surface area contributed by atoms with Crippen molar-refractivity contribution in [3.8, 4) is 0 Å². The molecule has 3 rings (SSSR count). The van der Waals surface area contributed by atoms with Gasteiger partial charge in [-0.3, -0.25) is 4.90 Å². The summed E-state index contributed by atoms with van der Waals surface area (Å²) in [7, 11) is 0. The number of thiophene rings is 1. The van der Waals surface area contributed by atoms with E-state index < -0.39 is 12.1 Å². The lowest BCUT2D eigenvalue weighted by Gasteiger charge is -2.19. The second-order valence-corrected chi connectivity index (χ2v) is 7.86. The summed E-state index contributed by atoms with van der Waals surface area (Å²) in [6.45, 7) is 7.09. The van der Waals surface area contributed by atoms with Crippen molar-refractivity contribution in [3.63, 3.8) is 0 Å². The highest BCUT2D eigenvalue weighted by Crippen LogP contribution is 2.22. The third-order valence-corrected chi connectivity index (χ3v) is 5.16. The summed E-state index contributed by atoms with van der Waals surface area (Å²) in [4.78, 5) is 18.7. The fraction of sp³-hybridized carbons (Fsp3) is 0.556. The number of hydrogen-bond acceptors (Lipinski definition) is 6. The molecule has 1 aliphatic heterocycles. The van der Waals surface area contributed by atoms with Crippen molar-refractivity contribution >= 4 is 17.3 Å². The Morgan fingerprint density at radius 1 is 1.34 bits per heavy atom. The largest absolute Gasteiger partial charge is 0.490 e. The Bertz CT molecular complexity index is 792. The van der Waals surface area contributed by atoms with Crippen LogP contribution in [0.5, 0.6) is 0 Å². The zero-order chi connectivity index (χ0) is 21.4. The van der Waals surface area contributed by atoms with Gasteiger partial charge in [0.25, 0.3) is 0 Å². The van der Waals surface area contributed by atoms with Gasteiger partial charge in [-0.25, -0.2) is 9.78 Å². The maximum atomic E-state index is 10.6. The first-order valence-corrected chi connectivity index (χ1v) is 9.81. The molecule has 11 heteroatoms. The monoisotopic (exact) mass is 435 g/mol. The number of fused-ring (bicyclic) bond motifs is 1. The molecule has 0 unspecified atom stereocenters. The number of aliphatic hydroxyl groups excluding tert-OH is 1. The number of ether oxygens (including phenoxy) is 1. The van der Waals surface area contributed by atoms with Crippen molar-refractivity contribution in [1.29, 1.82) is 0 Å². The van der Waals surface area contributed by atoms with E-state index in [1.54, 1.807) is 0 Å². The number of aromatic nitrogens is 2. The number of aryl methyl sites for hydroxylation is 2. The lowest BCUT2D eigenvalue weighted by Crippen LogP contribution is -2.23. The van der Waals surface area contributed by atoms with Crippen LogP contribution in [0, 0.1) is 6.92 Å². The number of aliphatic hydroxyl groups is 1. The highest BCUT2D eigenvalue weighted by molar-refractivity contribution is 7.11. The van der Waals surface area contributed by atoms with E-state index in [1.165, 1.54) is 15.4 Å². The number of nitrogens with zero attached hydrogens (tertiary/aromatic N) is 3. The Morgan fingerprint density at radius 3 is 2.66 bits per heavy atom. The van der Waals surface area contributed by atoms with E-state index >= 15 is 0 Å². The van der Waals surface area contributed by atoms with Gasteiger partial charge in [0, 0.05) is 35.9 Å². The lowest BCUT2D eigenvalue weighted by atomic mass is 10.3. The quantitative estimate of drug-likeness (QED) is 0.679. The first-order valence-electron chi connectivity index (χ1n) is 9.00. The minimum atomic E-state index is -5.08. The van der Waals surface area contributed by atoms with Crippen molar-refractivity contribution < 1.29 is 32.9 Å². The van der Waals surface area contributed by atoms with Gasteiger partial charge in [0.05, 0.1) is 37.5 Å². The van der Waals surface area contributed by atoms with E-state index in [-0.39, 0.29) is 6.61 Å². The molecular weight excluding hydrogens is 411 g/mol. The van der Waals surface area contributed by atoms with Crippen molar-refractivity contribution in [2.75, 3.05) is 19.8 Å². The third kappa shape index (κ3) is 7.42. The molecular formula is C18H24F3N3O4S. The van der Waals surface area contributed by atoms with E-state index in [9.17, 15) is 13.2 Å². The molecule has 3 heterocycles. The van der Waals surface area contributed by atoms with Crippen LogP contribution in [0.4, 0.5) is 13.2 Å². The molecule has 1 aliphatic rings. The summed E-state index contributed by atoms with van der Waals surface area (Å²) < 4.78 is 39.4. The number of imidazole rings is 1. The molecule has 0 atom stereocenters. The van der Waals surface area contributed by atoms with Crippen LogP contribution >= 0.6 is 11.3 Å². The number of carboxylic acid groups (broad SMARTS) is 1. The number of hydrogen-bond donors (Lipinski definition) is 2. The van der Waals surface area contributed by atoms with E-state index in [2.05, 4.69) is 33.5 Å². The van der Waals surface area contributed by atoms with Gasteiger partial charge in [0.1, 0.15) is 0 Å². The topological polar surface area (TPSA) is 87.8 Å². The summed E-state index contributed by atoms with van der Waals surface area (Å²) >= 11 is 1.88. The highest BCUT2D eigenvalue weighted by Gasteiger charge is 2.38. The van der Waals surface area contributed by atoms with Gasteiger partial charge in [0.15, 0.2) is 0 Å². The number of aliphatic carboxylic acids is 1. The zero-order valence-corrected chi connectivity index (χ0v) is 16.8. The normalized spacial score (nSPS) is 14.7. The maximum absolute atomic E-state index is 10.6. The van der Waals surface area contributed by atoms with Crippen LogP contribution in [0.1, 0.15) is 27.6 Å². The molecule has 2 N–H and O–H groups in total. The molecule has 0 radical (unpaired) electrons. The summed E-state index contributed by atoms with van der Waals surface area (Å²) in [5.74, 6) is -2.76. The predicted molar refractivity (Wildman–Crippen MR) is 100 cm³/mol. The number of carboxylic acids is 1. The summed E-state index contributed by atoms with van der Waals surface area (Å²) in [6.07, 6.45) is -2.02. The van der Waals surface area contributed by atoms with Crippen LogP contribution in [0.3, 0.4) is 0 Å². The van der Waals surface area contributed by atoms with Crippen molar-refractivity contribution in [2.24, 2.45) is 0 Å². The minimum absolute atomic E-state index is 0.0555. The van der Waals surface area contributed by atoms with Gasteiger partial charge in [-0.2, -0.15) is 13.2 Å². The molecule has 29 heavy (non-hydrogen) atoms. The second-order valence-electron chi connectivity index (χ2n) is 6.49. The van der Waals surface area contributed by atoms with Gasteiger partial charge in [-0.15, -0.1) is 11.3 Å². The molecule has 0 saturated heterocycles. The van der Waals surface area contributed by atoms with Gasteiger partial charge >= 0.3 is 12.1 Å². The molecule has 7 nitrogen and oxygen atoms in total. The molecule has 2 aromatic rings. The lowest BCUT2D eigenvalue weighted by molar-refractivity contribution is -0.192. The summed E-state index contributed by atoms with van der Waals surface area (Å²) in [6, 6.07) is 4.42. The third-order valence-electron chi connectivity index (χ3n) is 4.17. The van der Waals surface area contributed by atoms with Gasteiger partial charge < -0.3 is 19.5 Å². The Morgan fingerprint density at radius 2 is 2.07 bits per heavy atom. The number of halogens is 3. The fourth-order valence-electron chi connectivity index (χ4n) is 2.86. The van der Waals surface area contributed by atoms with E-state index in [1.807, 2.05) is 17.7 Å². The van der Waals surface area contributed by atoms with E-state index in [0.717, 1.165) is 38.3 Å². The van der Waals surface area contributed by atoms with Crippen LogP contribution in [0.15, 0.2) is 18.5 Å². The summed E-state index contributed by atoms with van der Waals surface area (Å²) in [5.41, 5.74) is 2.26. The van der Waals surface area contributed by atoms with Gasteiger partial charge in [0.2, 0.25) is 0 Å². The first-order chi connectivity index (χ1) is 13.7. The molecule has 0 amide bonds. The highest BCUT2D eigenvalue weighted by atomic mass is 32.1. The Labute approximate surface area is 170 Å². The number of carbonyl (C=O) groups is 1. The Balaban J connectivity index is 0.000000370. The standard InChI is InChI=1S/C16H23N3O2S.C2HF3O2/c1-13-3-4-14(22-13)9-18-5-2-6-19-12-17-15(16(19)10-18)11-21-8-7-20;3-2(4,5)1(6)7/h3-4,12,20H,2,5-11H2,1H3;(H,6,7). The molecule has 0 saturated carbocycles. The minimum Gasteiger partial charge on any atom is -0.475 e. The van der Waals surface area contributed by atoms with Crippen LogP contribution in [0.25, 0.3) is 0 Å². The average Bonchev–Trinajstić information content (AvgIpc) is 3.15.